The molecule has 0 unspecified atom stereocenters. The van der Waals surface area contributed by atoms with Crippen LogP contribution in [0, 0.1) is 0 Å². The first kappa shape index (κ1) is 20.0. The highest BCUT2D eigenvalue weighted by atomic mass is 16.7. The molecule has 0 saturated carbocycles. The Bertz CT molecular complexity index is 212. The first-order valence-corrected chi connectivity index (χ1v) is 10.2. The minimum atomic E-state index is 0.113. The summed E-state index contributed by atoms with van der Waals surface area (Å²) in [5.74, 6) is 0. The van der Waals surface area contributed by atoms with Crippen LogP contribution in [0.4, 0.5) is 0 Å². The third-order valence-corrected chi connectivity index (χ3v) is 4.73. The summed E-state index contributed by atoms with van der Waals surface area (Å²) in [6, 6.07) is 0. The van der Waals surface area contributed by atoms with Gasteiger partial charge in [0.15, 0.2) is 6.29 Å². The van der Waals surface area contributed by atoms with Crippen molar-refractivity contribution in [3.63, 3.8) is 0 Å². The van der Waals surface area contributed by atoms with E-state index in [1.165, 1.54) is 96.3 Å². The molecule has 1 fully saturated rings. The first-order chi connectivity index (χ1) is 10.9. The summed E-state index contributed by atoms with van der Waals surface area (Å²) in [5, 5.41) is 0. The molecule has 1 rings (SSSR count). The number of ether oxygens (including phenoxy) is 2. The van der Waals surface area contributed by atoms with Gasteiger partial charge in [0.1, 0.15) is 0 Å². The van der Waals surface area contributed by atoms with E-state index in [0.29, 0.717) is 0 Å². The maximum absolute atomic E-state index is 5.45. The van der Waals surface area contributed by atoms with Crippen molar-refractivity contribution < 1.29 is 9.47 Å². The summed E-state index contributed by atoms with van der Waals surface area (Å²) in [6.07, 6.45) is 22.6. The molecule has 0 radical (unpaired) electrons. The standard InChI is InChI=1S/C20H40O2/c1-2-3-4-5-6-7-8-9-10-11-12-13-14-15-16-17-20-21-18-19-22-20/h20H,2-19H2,1H3. The number of hydrogen-bond donors (Lipinski definition) is 0. The smallest absolute Gasteiger partial charge is 0.157 e. The molecule has 0 amide bonds. The summed E-state index contributed by atoms with van der Waals surface area (Å²) in [4.78, 5) is 0. The van der Waals surface area contributed by atoms with Crippen LogP contribution in [0.5, 0.6) is 0 Å². The lowest BCUT2D eigenvalue weighted by atomic mass is 10.0. The van der Waals surface area contributed by atoms with Crippen molar-refractivity contribution in [1.29, 1.82) is 0 Å². The molecule has 1 heterocycles. The lowest BCUT2D eigenvalue weighted by Gasteiger charge is -2.08. The van der Waals surface area contributed by atoms with Crippen LogP contribution in [0.3, 0.4) is 0 Å². The maximum Gasteiger partial charge on any atom is 0.157 e. The summed E-state index contributed by atoms with van der Waals surface area (Å²) in [7, 11) is 0. The Morgan fingerprint density at radius 3 is 1.32 bits per heavy atom. The Morgan fingerprint density at radius 1 is 0.545 bits per heavy atom. The van der Waals surface area contributed by atoms with Gasteiger partial charge >= 0.3 is 0 Å². The molecule has 0 aromatic carbocycles. The van der Waals surface area contributed by atoms with Crippen molar-refractivity contribution in [2.24, 2.45) is 0 Å². The Balaban J connectivity index is 1.64. The van der Waals surface area contributed by atoms with E-state index in [-0.39, 0.29) is 6.29 Å². The molecule has 1 saturated heterocycles. The van der Waals surface area contributed by atoms with Crippen LogP contribution >= 0.6 is 0 Å². The third-order valence-electron chi connectivity index (χ3n) is 4.73. The fourth-order valence-corrected chi connectivity index (χ4v) is 3.26. The van der Waals surface area contributed by atoms with Gasteiger partial charge in [0.2, 0.25) is 0 Å². The van der Waals surface area contributed by atoms with Crippen LogP contribution in [0.25, 0.3) is 0 Å². The van der Waals surface area contributed by atoms with Crippen molar-refractivity contribution in [3.8, 4) is 0 Å². The van der Waals surface area contributed by atoms with Crippen LogP contribution in [0.1, 0.15) is 110 Å². The van der Waals surface area contributed by atoms with Gasteiger partial charge in [0.05, 0.1) is 13.2 Å². The van der Waals surface area contributed by atoms with Crippen LogP contribution in [-0.4, -0.2) is 19.5 Å². The fourth-order valence-electron chi connectivity index (χ4n) is 3.26. The molecule has 2 nitrogen and oxygen atoms in total. The zero-order chi connectivity index (χ0) is 15.7. The van der Waals surface area contributed by atoms with E-state index in [4.69, 9.17) is 9.47 Å². The van der Waals surface area contributed by atoms with E-state index in [1.54, 1.807) is 0 Å². The highest BCUT2D eigenvalue weighted by Crippen LogP contribution is 2.15. The lowest BCUT2D eigenvalue weighted by molar-refractivity contribution is -0.0480. The highest BCUT2D eigenvalue weighted by molar-refractivity contribution is 4.54. The van der Waals surface area contributed by atoms with Gasteiger partial charge in [-0.25, -0.2) is 0 Å². The Morgan fingerprint density at radius 2 is 0.909 bits per heavy atom. The van der Waals surface area contributed by atoms with Crippen LogP contribution in [0.2, 0.25) is 0 Å². The van der Waals surface area contributed by atoms with Gasteiger partial charge in [-0.2, -0.15) is 0 Å². The van der Waals surface area contributed by atoms with Crippen molar-refractivity contribution in [1.82, 2.24) is 0 Å². The minimum Gasteiger partial charge on any atom is -0.350 e. The molecule has 1 aliphatic rings. The average Bonchev–Trinajstić information content (AvgIpc) is 3.04. The van der Waals surface area contributed by atoms with E-state index >= 15 is 0 Å². The van der Waals surface area contributed by atoms with Crippen LogP contribution < -0.4 is 0 Å². The molecule has 0 atom stereocenters. The molecule has 0 aliphatic carbocycles. The van der Waals surface area contributed by atoms with Crippen molar-refractivity contribution in [2.45, 2.75) is 116 Å². The molecule has 2 heteroatoms. The topological polar surface area (TPSA) is 18.5 Å². The normalized spacial score (nSPS) is 15.7. The second kappa shape index (κ2) is 15.8. The Labute approximate surface area is 139 Å². The Hall–Kier alpha value is -0.0800. The molecule has 0 aromatic rings. The molecule has 22 heavy (non-hydrogen) atoms. The van der Waals surface area contributed by atoms with Crippen molar-refractivity contribution in [2.75, 3.05) is 13.2 Å². The molecule has 1 aliphatic heterocycles. The van der Waals surface area contributed by atoms with Gasteiger partial charge in [-0.1, -0.05) is 96.8 Å². The van der Waals surface area contributed by atoms with Gasteiger partial charge in [0.25, 0.3) is 0 Å². The summed E-state index contributed by atoms with van der Waals surface area (Å²) >= 11 is 0. The fraction of sp³-hybridized carbons (Fsp3) is 1.00. The van der Waals surface area contributed by atoms with Gasteiger partial charge in [-0.05, 0) is 12.8 Å². The van der Waals surface area contributed by atoms with E-state index in [9.17, 15) is 0 Å². The molecular formula is C20H40O2. The van der Waals surface area contributed by atoms with Gasteiger partial charge in [0, 0.05) is 0 Å². The minimum absolute atomic E-state index is 0.113. The average molecular weight is 313 g/mol. The van der Waals surface area contributed by atoms with E-state index in [0.717, 1.165) is 19.6 Å². The van der Waals surface area contributed by atoms with E-state index < -0.39 is 0 Å². The second-order valence-electron chi connectivity index (χ2n) is 6.91. The second-order valence-corrected chi connectivity index (χ2v) is 6.91. The molecule has 0 bridgehead atoms. The predicted molar refractivity (Wildman–Crippen MR) is 95.2 cm³/mol. The number of unbranched alkanes of at least 4 members (excludes halogenated alkanes) is 14. The number of hydrogen-bond acceptors (Lipinski definition) is 2. The third kappa shape index (κ3) is 12.5. The molecule has 132 valence electrons. The largest absolute Gasteiger partial charge is 0.350 e. The van der Waals surface area contributed by atoms with Crippen LogP contribution in [0.15, 0.2) is 0 Å². The molecule has 0 N–H and O–H groups in total. The first-order valence-electron chi connectivity index (χ1n) is 10.2. The highest BCUT2D eigenvalue weighted by Gasteiger charge is 2.14. The molecule has 0 spiro atoms. The van der Waals surface area contributed by atoms with Crippen LogP contribution in [-0.2, 0) is 9.47 Å². The summed E-state index contributed by atoms with van der Waals surface area (Å²) in [5.41, 5.74) is 0. The van der Waals surface area contributed by atoms with Crippen molar-refractivity contribution >= 4 is 0 Å². The molecular weight excluding hydrogens is 272 g/mol. The van der Waals surface area contributed by atoms with Gasteiger partial charge < -0.3 is 9.47 Å². The van der Waals surface area contributed by atoms with Gasteiger partial charge in [-0.15, -0.1) is 0 Å². The Kier molecular flexibility index (Phi) is 14.3. The van der Waals surface area contributed by atoms with E-state index in [2.05, 4.69) is 6.92 Å². The zero-order valence-corrected chi connectivity index (χ0v) is 15.1. The van der Waals surface area contributed by atoms with E-state index in [1.807, 2.05) is 0 Å². The van der Waals surface area contributed by atoms with Gasteiger partial charge in [-0.3, -0.25) is 0 Å². The summed E-state index contributed by atoms with van der Waals surface area (Å²) in [6.45, 7) is 3.88. The molecule has 0 aromatic heterocycles. The summed E-state index contributed by atoms with van der Waals surface area (Å²) < 4.78 is 10.9. The zero-order valence-electron chi connectivity index (χ0n) is 15.1. The maximum atomic E-state index is 5.45. The lowest BCUT2D eigenvalue weighted by Crippen LogP contribution is -2.06. The number of rotatable bonds is 16. The quantitative estimate of drug-likeness (QED) is 0.298. The monoisotopic (exact) mass is 312 g/mol. The predicted octanol–water partition coefficient (Wildman–Crippen LogP) is 6.62. The SMILES string of the molecule is CCCCCCCCCCCCCCCCCC1OCCO1. The van der Waals surface area contributed by atoms with Crippen molar-refractivity contribution in [3.05, 3.63) is 0 Å².